The van der Waals surface area contributed by atoms with Crippen LogP contribution in [0.4, 0.5) is 10.5 Å². The van der Waals surface area contributed by atoms with E-state index in [1.165, 1.54) is 6.08 Å². The first-order valence-corrected chi connectivity index (χ1v) is 9.86. The van der Waals surface area contributed by atoms with Crippen LogP contribution >= 0.6 is 0 Å². The first-order valence-electron chi connectivity index (χ1n) is 9.86. The zero-order valence-electron chi connectivity index (χ0n) is 17.4. The van der Waals surface area contributed by atoms with Gasteiger partial charge in [-0.15, -0.1) is 0 Å². The average molecular weight is 405 g/mol. The van der Waals surface area contributed by atoms with Gasteiger partial charge in [0.1, 0.15) is 6.61 Å². The molecular formula is C22H32N2O5. The van der Waals surface area contributed by atoms with Crippen molar-refractivity contribution in [3.05, 3.63) is 42.5 Å². The molecule has 7 nitrogen and oxygen atoms in total. The van der Waals surface area contributed by atoms with Gasteiger partial charge in [-0.25, -0.2) is 4.79 Å². The highest BCUT2D eigenvalue weighted by atomic mass is 16.5. The van der Waals surface area contributed by atoms with E-state index in [1.807, 2.05) is 20.8 Å². The lowest BCUT2D eigenvalue weighted by atomic mass is 9.94. The number of alkyl carbamates (subject to hydrolysis) is 1. The van der Waals surface area contributed by atoms with Gasteiger partial charge in [0, 0.05) is 18.0 Å². The van der Waals surface area contributed by atoms with Crippen LogP contribution in [0.5, 0.6) is 0 Å². The van der Waals surface area contributed by atoms with Crippen LogP contribution in [0.25, 0.3) is 0 Å². The number of hydrogen-bond acceptors (Lipinski definition) is 5. The summed E-state index contributed by atoms with van der Waals surface area (Å²) in [6.07, 6.45) is 2.19. The molecule has 0 heterocycles. The molecule has 2 atom stereocenters. The lowest BCUT2D eigenvalue weighted by Crippen LogP contribution is -2.44. The van der Waals surface area contributed by atoms with E-state index < -0.39 is 12.1 Å². The summed E-state index contributed by atoms with van der Waals surface area (Å²) in [5, 5.41) is 14.5. The van der Waals surface area contributed by atoms with E-state index in [0.29, 0.717) is 18.5 Å². The maximum Gasteiger partial charge on any atom is 0.408 e. The van der Waals surface area contributed by atoms with Gasteiger partial charge in [-0.05, 0) is 36.5 Å². The van der Waals surface area contributed by atoms with Gasteiger partial charge in [-0.2, -0.15) is 0 Å². The average Bonchev–Trinajstić information content (AvgIpc) is 2.70. The molecule has 0 aliphatic heterocycles. The number of carbonyl (C=O) groups excluding carboxylic acids is 3. The number of benzene rings is 1. The van der Waals surface area contributed by atoms with Crippen LogP contribution in [0.2, 0.25) is 0 Å². The Bertz CT molecular complexity index is 685. The van der Waals surface area contributed by atoms with Crippen molar-refractivity contribution in [3.63, 3.8) is 0 Å². The lowest BCUT2D eigenvalue weighted by Gasteiger charge is -2.21. The summed E-state index contributed by atoms with van der Waals surface area (Å²) in [5.74, 6) is -0.534. The van der Waals surface area contributed by atoms with Gasteiger partial charge in [-0.3, -0.25) is 9.59 Å². The van der Waals surface area contributed by atoms with Crippen molar-refractivity contribution in [1.29, 1.82) is 0 Å². The molecule has 0 saturated carbocycles. The number of nitrogens with one attached hydrogen (secondary N) is 2. The number of hydrogen-bond donors (Lipinski definition) is 3. The smallest absolute Gasteiger partial charge is 0.408 e. The fraction of sp³-hybridized carbons (Fsp3) is 0.500. The summed E-state index contributed by atoms with van der Waals surface area (Å²) < 4.78 is 4.88. The molecule has 3 N–H and O–H groups in total. The number of ether oxygens (including phenoxy) is 1. The summed E-state index contributed by atoms with van der Waals surface area (Å²) in [4.78, 5) is 36.5. The zero-order valence-corrected chi connectivity index (χ0v) is 17.4. The zero-order chi connectivity index (χ0) is 21.8. The number of anilines is 1. The fourth-order valence-electron chi connectivity index (χ4n) is 2.75. The van der Waals surface area contributed by atoms with Crippen molar-refractivity contribution < 1.29 is 24.2 Å². The molecule has 0 aliphatic rings. The van der Waals surface area contributed by atoms with E-state index in [-0.39, 0.29) is 43.2 Å². The molecular weight excluding hydrogens is 372 g/mol. The number of amides is 2. The first kappa shape index (κ1) is 24.4. The van der Waals surface area contributed by atoms with E-state index in [0.717, 1.165) is 5.56 Å². The first-order chi connectivity index (χ1) is 13.8. The van der Waals surface area contributed by atoms with Gasteiger partial charge < -0.3 is 20.5 Å². The molecule has 0 saturated heterocycles. The predicted octanol–water partition coefficient (Wildman–Crippen LogP) is 3.43. The summed E-state index contributed by atoms with van der Waals surface area (Å²) in [6.45, 7) is 9.03. The molecule has 29 heavy (non-hydrogen) atoms. The molecule has 160 valence electrons. The Labute approximate surface area is 172 Å². The largest absolute Gasteiger partial charge is 0.445 e. The van der Waals surface area contributed by atoms with Gasteiger partial charge in [0.2, 0.25) is 5.91 Å². The number of aliphatic hydroxyl groups is 1. The minimum atomic E-state index is -0.642. The second-order valence-electron chi connectivity index (χ2n) is 7.36. The third-order valence-electron chi connectivity index (χ3n) is 4.53. The Morgan fingerprint density at radius 1 is 1.17 bits per heavy atom. The summed E-state index contributed by atoms with van der Waals surface area (Å²) >= 11 is 0. The number of ketones is 1. The van der Waals surface area contributed by atoms with Crippen molar-refractivity contribution in [1.82, 2.24) is 5.32 Å². The van der Waals surface area contributed by atoms with Crippen molar-refractivity contribution in [2.75, 3.05) is 11.9 Å². The van der Waals surface area contributed by atoms with Gasteiger partial charge >= 0.3 is 6.09 Å². The maximum absolute atomic E-state index is 12.5. The van der Waals surface area contributed by atoms with Crippen LogP contribution in [0.3, 0.4) is 0 Å². The molecule has 0 unspecified atom stereocenters. The molecule has 0 aromatic heterocycles. The van der Waals surface area contributed by atoms with Crippen molar-refractivity contribution in [3.8, 4) is 0 Å². The van der Waals surface area contributed by atoms with Crippen molar-refractivity contribution in [2.24, 2.45) is 11.8 Å². The van der Waals surface area contributed by atoms with Crippen LogP contribution in [0, 0.1) is 11.8 Å². The minimum absolute atomic E-state index is 0.0448. The molecule has 0 fully saturated rings. The SMILES string of the molecule is C=CCOC(=O)N[C@H](C(=O)CCC[C@@H](C)C(=O)Nc1ccc(CO)cc1)C(C)C. The van der Waals surface area contributed by atoms with Crippen molar-refractivity contribution >= 4 is 23.5 Å². The summed E-state index contributed by atoms with van der Waals surface area (Å²) in [5.41, 5.74) is 1.44. The summed E-state index contributed by atoms with van der Waals surface area (Å²) in [6, 6.07) is 6.35. The number of rotatable bonds is 12. The highest BCUT2D eigenvalue weighted by molar-refractivity contribution is 5.92. The lowest BCUT2D eigenvalue weighted by molar-refractivity contribution is -0.123. The van der Waals surface area contributed by atoms with Crippen LogP contribution in [-0.4, -0.2) is 35.5 Å². The molecule has 7 heteroatoms. The monoisotopic (exact) mass is 404 g/mol. The van der Waals surface area contributed by atoms with E-state index in [2.05, 4.69) is 17.2 Å². The predicted molar refractivity (Wildman–Crippen MR) is 112 cm³/mol. The fourth-order valence-corrected chi connectivity index (χ4v) is 2.75. The quantitative estimate of drug-likeness (QED) is 0.463. The molecule has 2 amide bonds. The van der Waals surface area contributed by atoms with Gasteiger partial charge in [0.25, 0.3) is 0 Å². The summed E-state index contributed by atoms with van der Waals surface area (Å²) in [7, 11) is 0. The number of aliphatic hydroxyl groups excluding tert-OH is 1. The number of Topliss-reactive ketones (excluding diaryl/α,β-unsaturated/α-hetero) is 1. The maximum atomic E-state index is 12.5. The van der Waals surface area contributed by atoms with E-state index in [9.17, 15) is 14.4 Å². The third kappa shape index (κ3) is 8.91. The van der Waals surface area contributed by atoms with E-state index in [4.69, 9.17) is 9.84 Å². The van der Waals surface area contributed by atoms with Crippen LogP contribution in [0.1, 0.15) is 45.6 Å². The molecule has 1 aromatic rings. The second-order valence-corrected chi connectivity index (χ2v) is 7.36. The Hall–Kier alpha value is -2.67. The highest BCUT2D eigenvalue weighted by Crippen LogP contribution is 2.15. The van der Waals surface area contributed by atoms with Gasteiger partial charge in [-0.1, -0.05) is 45.6 Å². The van der Waals surface area contributed by atoms with Crippen LogP contribution < -0.4 is 10.6 Å². The second kappa shape index (κ2) is 12.7. The normalized spacial score (nSPS) is 12.7. The Morgan fingerprint density at radius 2 is 1.83 bits per heavy atom. The highest BCUT2D eigenvalue weighted by Gasteiger charge is 2.24. The Balaban J connectivity index is 2.45. The standard InChI is InChI=1S/C22H32N2O5/c1-5-13-29-22(28)24-20(15(2)3)19(26)8-6-7-16(4)21(27)23-18-11-9-17(14-25)10-12-18/h5,9-12,15-16,20,25H,1,6-8,13-14H2,2-4H3,(H,23,27)(H,24,28)/t16-,20+/m1/s1. The van der Waals surface area contributed by atoms with Gasteiger partial charge in [0.15, 0.2) is 5.78 Å². The van der Waals surface area contributed by atoms with E-state index >= 15 is 0 Å². The van der Waals surface area contributed by atoms with Crippen LogP contribution in [0.15, 0.2) is 36.9 Å². The Kier molecular flexibility index (Phi) is 10.7. The number of carbonyl (C=O) groups is 3. The molecule has 0 spiro atoms. The molecule has 0 bridgehead atoms. The van der Waals surface area contributed by atoms with Gasteiger partial charge in [0.05, 0.1) is 12.6 Å². The third-order valence-corrected chi connectivity index (χ3v) is 4.53. The van der Waals surface area contributed by atoms with E-state index in [1.54, 1.807) is 24.3 Å². The van der Waals surface area contributed by atoms with Crippen LogP contribution in [-0.2, 0) is 20.9 Å². The molecule has 1 aromatic carbocycles. The van der Waals surface area contributed by atoms with Crippen molar-refractivity contribution in [2.45, 2.75) is 52.7 Å². The topological polar surface area (TPSA) is 105 Å². The minimum Gasteiger partial charge on any atom is -0.445 e. The molecule has 1 rings (SSSR count). The Morgan fingerprint density at radius 3 is 2.38 bits per heavy atom. The molecule has 0 aliphatic carbocycles. The molecule has 0 radical (unpaired) electrons.